The Hall–Kier alpha value is -3.06. The summed E-state index contributed by atoms with van der Waals surface area (Å²) in [6.45, 7) is 1.93. The van der Waals surface area contributed by atoms with Crippen molar-refractivity contribution < 1.29 is 19.1 Å². The second-order valence-corrected chi connectivity index (χ2v) is 7.42. The van der Waals surface area contributed by atoms with Crippen LogP contribution in [0.4, 0.5) is 5.69 Å². The SMILES string of the molecule is CCCC(=O)OC1CCc2cc(NC(=O)c3ccc(C(=N)N(C)C)cc3)ccc2O1.Cl. The molecule has 0 saturated carbocycles. The molecule has 0 spiro atoms. The van der Waals surface area contributed by atoms with E-state index in [2.05, 4.69) is 5.32 Å². The van der Waals surface area contributed by atoms with E-state index in [1.165, 1.54) is 0 Å². The average molecular weight is 446 g/mol. The molecule has 7 nitrogen and oxygen atoms in total. The van der Waals surface area contributed by atoms with Crippen molar-refractivity contribution in [1.82, 2.24) is 4.90 Å². The number of fused-ring (bicyclic) bond motifs is 1. The van der Waals surface area contributed by atoms with Gasteiger partial charge in [-0.15, -0.1) is 12.4 Å². The van der Waals surface area contributed by atoms with Gasteiger partial charge in [0, 0.05) is 43.8 Å². The lowest BCUT2D eigenvalue weighted by atomic mass is 10.0. The number of halogens is 1. The summed E-state index contributed by atoms with van der Waals surface area (Å²) < 4.78 is 11.1. The molecule has 1 unspecified atom stereocenters. The number of esters is 1. The maximum atomic E-state index is 12.6. The molecule has 3 rings (SSSR count). The zero-order valence-electron chi connectivity index (χ0n) is 17.9. The molecule has 2 N–H and O–H groups in total. The van der Waals surface area contributed by atoms with Crippen LogP contribution in [0.2, 0.25) is 0 Å². The molecule has 31 heavy (non-hydrogen) atoms. The number of nitrogens with one attached hydrogen (secondary N) is 2. The molecule has 1 amide bonds. The van der Waals surface area contributed by atoms with Crippen molar-refractivity contribution in [1.29, 1.82) is 5.41 Å². The van der Waals surface area contributed by atoms with E-state index in [-0.39, 0.29) is 24.3 Å². The van der Waals surface area contributed by atoms with Crippen molar-refractivity contribution in [2.24, 2.45) is 0 Å². The Kier molecular flexibility index (Phi) is 8.45. The molecule has 1 heterocycles. The average Bonchev–Trinajstić information content (AvgIpc) is 2.73. The highest BCUT2D eigenvalue weighted by atomic mass is 35.5. The van der Waals surface area contributed by atoms with Crippen molar-refractivity contribution in [3.8, 4) is 5.75 Å². The Balaban J connectivity index is 0.00000341. The van der Waals surface area contributed by atoms with Crippen LogP contribution in [0.3, 0.4) is 0 Å². The highest BCUT2D eigenvalue weighted by Gasteiger charge is 2.23. The topological polar surface area (TPSA) is 91.7 Å². The quantitative estimate of drug-likeness (QED) is 0.394. The largest absolute Gasteiger partial charge is 0.454 e. The summed E-state index contributed by atoms with van der Waals surface area (Å²) >= 11 is 0. The summed E-state index contributed by atoms with van der Waals surface area (Å²) in [6.07, 6.45) is 1.85. The monoisotopic (exact) mass is 445 g/mol. The third kappa shape index (κ3) is 6.21. The second-order valence-electron chi connectivity index (χ2n) is 7.42. The molecular formula is C23H28ClN3O4. The number of carbonyl (C=O) groups excluding carboxylic acids is 2. The van der Waals surface area contributed by atoms with E-state index in [1.54, 1.807) is 55.4 Å². The summed E-state index contributed by atoms with van der Waals surface area (Å²) in [6, 6.07) is 12.4. The zero-order chi connectivity index (χ0) is 21.7. The molecule has 0 aliphatic carbocycles. The highest BCUT2D eigenvalue weighted by molar-refractivity contribution is 6.05. The normalized spacial score (nSPS) is 14.4. The van der Waals surface area contributed by atoms with Gasteiger partial charge in [-0.05, 0) is 48.7 Å². The predicted molar refractivity (Wildman–Crippen MR) is 122 cm³/mol. The van der Waals surface area contributed by atoms with Crippen LogP contribution in [0.15, 0.2) is 42.5 Å². The molecular weight excluding hydrogens is 418 g/mol. The Morgan fingerprint density at radius 2 is 1.84 bits per heavy atom. The molecule has 8 heteroatoms. The number of carbonyl (C=O) groups is 2. The molecule has 2 aromatic rings. The molecule has 0 radical (unpaired) electrons. The fourth-order valence-corrected chi connectivity index (χ4v) is 3.18. The van der Waals surface area contributed by atoms with E-state index in [4.69, 9.17) is 14.9 Å². The number of nitrogens with zero attached hydrogens (tertiary/aromatic N) is 1. The summed E-state index contributed by atoms with van der Waals surface area (Å²) in [5.74, 6) is 0.581. The van der Waals surface area contributed by atoms with Gasteiger partial charge >= 0.3 is 5.97 Å². The van der Waals surface area contributed by atoms with Crippen LogP contribution < -0.4 is 10.1 Å². The first-order chi connectivity index (χ1) is 14.4. The van der Waals surface area contributed by atoms with Gasteiger partial charge in [0.15, 0.2) is 0 Å². The maximum Gasteiger partial charge on any atom is 0.308 e. The van der Waals surface area contributed by atoms with Gasteiger partial charge in [-0.3, -0.25) is 15.0 Å². The van der Waals surface area contributed by atoms with Crippen molar-refractivity contribution in [2.75, 3.05) is 19.4 Å². The second kappa shape index (κ2) is 10.8. The lowest BCUT2D eigenvalue weighted by Gasteiger charge is -2.26. The van der Waals surface area contributed by atoms with E-state index in [1.807, 2.05) is 13.0 Å². The Bertz CT molecular complexity index is 944. The van der Waals surface area contributed by atoms with Crippen molar-refractivity contribution in [3.63, 3.8) is 0 Å². The lowest BCUT2D eigenvalue weighted by molar-refractivity contribution is -0.165. The predicted octanol–water partition coefficient (Wildman–Crippen LogP) is 4.24. The van der Waals surface area contributed by atoms with E-state index in [0.717, 1.165) is 17.5 Å². The number of anilines is 1. The van der Waals surface area contributed by atoms with Crippen LogP contribution in [-0.4, -0.2) is 43.0 Å². The molecule has 166 valence electrons. The molecule has 0 aromatic heterocycles. The molecule has 0 saturated heterocycles. The number of aryl methyl sites for hydroxylation is 1. The van der Waals surface area contributed by atoms with Gasteiger partial charge in [0.1, 0.15) is 11.6 Å². The first kappa shape index (κ1) is 24.2. The third-order valence-corrected chi connectivity index (χ3v) is 4.81. The first-order valence-electron chi connectivity index (χ1n) is 10.0. The van der Waals surface area contributed by atoms with Crippen molar-refractivity contribution in [3.05, 3.63) is 59.2 Å². The number of amidine groups is 1. The van der Waals surface area contributed by atoms with Gasteiger partial charge in [0.25, 0.3) is 5.91 Å². The van der Waals surface area contributed by atoms with Gasteiger partial charge in [-0.25, -0.2) is 0 Å². The molecule has 0 fully saturated rings. The van der Waals surface area contributed by atoms with Gasteiger partial charge < -0.3 is 19.7 Å². The summed E-state index contributed by atoms with van der Waals surface area (Å²) in [4.78, 5) is 25.9. The smallest absolute Gasteiger partial charge is 0.308 e. The van der Waals surface area contributed by atoms with Gasteiger partial charge in [0.05, 0.1) is 0 Å². The fraction of sp³-hybridized carbons (Fsp3) is 0.348. The Labute approximate surface area is 188 Å². The van der Waals surface area contributed by atoms with E-state index >= 15 is 0 Å². The minimum Gasteiger partial charge on any atom is -0.454 e. The van der Waals surface area contributed by atoms with Crippen LogP contribution >= 0.6 is 12.4 Å². The zero-order valence-corrected chi connectivity index (χ0v) is 18.8. The standard InChI is InChI=1S/C23H27N3O4.ClH/c1-4-5-20(27)30-21-13-10-17-14-18(11-12-19(17)29-21)25-23(28)16-8-6-15(7-9-16)22(24)26(2)3;/h6-9,11-12,14,21,24H,4-5,10,13H2,1-3H3,(H,25,28);1H. The number of benzene rings is 2. The summed E-state index contributed by atoms with van der Waals surface area (Å²) in [7, 11) is 3.61. The minimum absolute atomic E-state index is 0. The van der Waals surface area contributed by atoms with E-state index in [0.29, 0.717) is 42.1 Å². The fourth-order valence-electron chi connectivity index (χ4n) is 3.18. The van der Waals surface area contributed by atoms with Crippen LogP contribution in [0.25, 0.3) is 0 Å². The molecule has 2 aromatic carbocycles. The van der Waals surface area contributed by atoms with E-state index < -0.39 is 6.29 Å². The molecule has 1 aliphatic heterocycles. The van der Waals surface area contributed by atoms with Crippen LogP contribution in [0, 0.1) is 5.41 Å². The van der Waals surface area contributed by atoms with Crippen molar-refractivity contribution >= 4 is 35.8 Å². The van der Waals surface area contributed by atoms with Gasteiger partial charge in [-0.1, -0.05) is 19.1 Å². The van der Waals surface area contributed by atoms with E-state index in [9.17, 15) is 9.59 Å². The number of ether oxygens (including phenoxy) is 2. The number of amides is 1. The van der Waals surface area contributed by atoms with Crippen LogP contribution in [-0.2, 0) is 16.0 Å². The molecule has 0 bridgehead atoms. The minimum atomic E-state index is -0.559. The van der Waals surface area contributed by atoms with Gasteiger partial charge in [-0.2, -0.15) is 0 Å². The Morgan fingerprint density at radius 3 is 2.48 bits per heavy atom. The molecule has 1 aliphatic rings. The summed E-state index contributed by atoms with van der Waals surface area (Å²) in [5.41, 5.74) is 2.90. The maximum absolute atomic E-state index is 12.6. The van der Waals surface area contributed by atoms with Crippen LogP contribution in [0.1, 0.15) is 47.7 Å². The van der Waals surface area contributed by atoms with Crippen LogP contribution in [0.5, 0.6) is 5.75 Å². The number of hydrogen-bond acceptors (Lipinski definition) is 5. The lowest BCUT2D eigenvalue weighted by Crippen LogP contribution is -2.28. The van der Waals surface area contributed by atoms with Crippen molar-refractivity contribution in [2.45, 2.75) is 38.9 Å². The Morgan fingerprint density at radius 1 is 1.16 bits per heavy atom. The molecule has 1 atom stereocenters. The summed E-state index contributed by atoms with van der Waals surface area (Å²) in [5, 5.41) is 10.9. The first-order valence-corrected chi connectivity index (χ1v) is 10.0. The van der Waals surface area contributed by atoms with Gasteiger partial charge in [0.2, 0.25) is 6.29 Å². The number of rotatable bonds is 6. The highest BCUT2D eigenvalue weighted by Crippen LogP contribution is 2.30. The number of hydrogen-bond donors (Lipinski definition) is 2. The third-order valence-electron chi connectivity index (χ3n) is 4.81.